The first-order valence-corrected chi connectivity index (χ1v) is 4.40. The second-order valence-corrected chi connectivity index (χ2v) is 2.60. The molecule has 0 amide bonds. The van der Waals surface area contributed by atoms with Crippen LogP contribution in [0.5, 0.6) is 11.8 Å². The lowest BCUT2D eigenvalue weighted by atomic mass is 10.6. The number of alkyl halides is 3. The summed E-state index contributed by atoms with van der Waals surface area (Å²) in [6.45, 7) is 1.97. The fraction of sp³-hybridized carbons (Fsp3) is 0.500. The summed E-state index contributed by atoms with van der Waals surface area (Å²) in [6.07, 6.45) is -4.79. The SMILES string of the molecule is CCOc1cc(OC(F)(F)F)nc(NC)n1. The van der Waals surface area contributed by atoms with Gasteiger partial charge in [-0.25, -0.2) is 0 Å². The zero-order valence-electron chi connectivity index (χ0n) is 8.63. The molecule has 0 aliphatic heterocycles. The third kappa shape index (κ3) is 3.79. The highest BCUT2D eigenvalue weighted by Crippen LogP contribution is 2.24. The minimum atomic E-state index is -4.79. The van der Waals surface area contributed by atoms with E-state index in [4.69, 9.17) is 4.74 Å². The molecular weight excluding hydrogens is 227 g/mol. The summed E-state index contributed by atoms with van der Waals surface area (Å²) in [4.78, 5) is 7.25. The molecule has 16 heavy (non-hydrogen) atoms. The molecule has 0 aliphatic rings. The topological polar surface area (TPSA) is 56.3 Å². The Labute approximate surface area is 89.6 Å². The molecule has 1 rings (SSSR count). The van der Waals surface area contributed by atoms with E-state index in [0.29, 0.717) is 0 Å². The molecule has 0 radical (unpaired) electrons. The first-order chi connectivity index (χ1) is 7.44. The molecule has 0 unspecified atom stereocenters. The van der Waals surface area contributed by atoms with E-state index < -0.39 is 12.2 Å². The van der Waals surface area contributed by atoms with Gasteiger partial charge in [0.2, 0.25) is 17.7 Å². The monoisotopic (exact) mass is 237 g/mol. The Kier molecular flexibility index (Phi) is 3.75. The number of anilines is 1. The van der Waals surface area contributed by atoms with Gasteiger partial charge in [0.15, 0.2) is 0 Å². The minimum absolute atomic E-state index is 0.00907. The number of hydrogen-bond acceptors (Lipinski definition) is 5. The van der Waals surface area contributed by atoms with Gasteiger partial charge >= 0.3 is 6.36 Å². The Hall–Kier alpha value is -1.73. The van der Waals surface area contributed by atoms with E-state index in [1.807, 2.05) is 0 Å². The second kappa shape index (κ2) is 4.86. The normalized spacial score (nSPS) is 11.1. The summed E-state index contributed by atoms with van der Waals surface area (Å²) < 4.78 is 44.5. The maximum Gasteiger partial charge on any atom is 0.574 e. The molecule has 0 fully saturated rings. The zero-order valence-corrected chi connectivity index (χ0v) is 8.63. The molecule has 0 atom stereocenters. The van der Waals surface area contributed by atoms with E-state index in [1.165, 1.54) is 7.05 Å². The van der Waals surface area contributed by atoms with E-state index in [0.717, 1.165) is 6.07 Å². The lowest BCUT2D eigenvalue weighted by Gasteiger charge is -2.10. The van der Waals surface area contributed by atoms with Gasteiger partial charge in [-0.05, 0) is 6.92 Å². The first-order valence-electron chi connectivity index (χ1n) is 4.40. The molecule has 0 aromatic carbocycles. The predicted octanol–water partition coefficient (Wildman–Crippen LogP) is 1.82. The van der Waals surface area contributed by atoms with Gasteiger partial charge in [0.05, 0.1) is 12.7 Å². The van der Waals surface area contributed by atoms with Crippen LogP contribution >= 0.6 is 0 Å². The van der Waals surface area contributed by atoms with Crippen molar-refractivity contribution in [3.63, 3.8) is 0 Å². The molecule has 0 saturated carbocycles. The van der Waals surface area contributed by atoms with Crippen LogP contribution in [0, 0.1) is 0 Å². The largest absolute Gasteiger partial charge is 0.574 e. The van der Waals surface area contributed by atoms with Crippen molar-refractivity contribution in [2.24, 2.45) is 0 Å². The van der Waals surface area contributed by atoms with E-state index in [2.05, 4.69) is 20.0 Å². The number of aromatic nitrogens is 2. The zero-order chi connectivity index (χ0) is 12.2. The number of nitrogens with zero attached hydrogens (tertiary/aromatic N) is 2. The standard InChI is InChI=1S/C8H10F3N3O2/c1-3-15-5-4-6(16-8(9,10)11)14-7(12-2)13-5/h4H,3H2,1-2H3,(H,12,13,14). The summed E-state index contributed by atoms with van der Waals surface area (Å²) in [5.41, 5.74) is 0. The molecule has 8 heteroatoms. The Morgan fingerprint density at radius 3 is 2.44 bits per heavy atom. The molecule has 1 N–H and O–H groups in total. The van der Waals surface area contributed by atoms with Crippen LogP contribution in [0.3, 0.4) is 0 Å². The van der Waals surface area contributed by atoms with Crippen LogP contribution in [0.4, 0.5) is 19.1 Å². The van der Waals surface area contributed by atoms with Gasteiger partial charge in [0.25, 0.3) is 0 Å². The number of nitrogens with one attached hydrogen (secondary N) is 1. The van der Waals surface area contributed by atoms with Crippen molar-refractivity contribution in [2.75, 3.05) is 19.0 Å². The van der Waals surface area contributed by atoms with Gasteiger partial charge in [0.1, 0.15) is 0 Å². The van der Waals surface area contributed by atoms with Crippen LogP contribution in [0.1, 0.15) is 6.92 Å². The molecule has 0 aliphatic carbocycles. The lowest BCUT2D eigenvalue weighted by molar-refractivity contribution is -0.276. The maximum absolute atomic E-state index is 12.0. The van der Waals surface area contributed by atoms with Crippen molar-refractivity contribution >= 4 is 5.95 Å². The molecule has 0 bridgehead atoms. The Morgan fingerprint density at radius 1 is 1.31 bits per heavy atom. The van der Waals surface area contributed by atoms with Gasteiger partial charge in [0, 0.05) is 7.05 Å². The van der Waals surface area contributed by atoms with Crippen LogP contribution in [-0.2, 0) is 0 Å². The molecule has 0 saturated heterocycles. The molecule has 5 nitrogen and oxygen atoms in total. The third-order valence-corrected chi connectivity index (χ3v) is 1.42. The van der Waals surface area contributed by atoms with Crippen molar-refractivity contribution in [3.8, 4) is 11.8 Å². The van der Waals surface area contributed by atoms with Crippen LogP contribution in [0.25, 0.3) is 0 Å². The van der Waals surface area contributed by atoms with Crippen LogP contribution < -0.4 is 14.8 Å². The van der Waals surface area contributed by atoms with E-state index in [9.17, 15) is 13.2 Å². The van der Waals surface area contributed by atoms with Crippen molar-refractivity contribution in [3.05, 3.63) is 6.07 Å². The number of rotatable bonds is 4. The number of halogens is 3. The van der Waals surface area contributed by atoms with Gasteiger partial charge in [-0.2, -0.15) is 9.97 Å². The second-order valence-electron chi connectivity index (χ2n) is 2.60. The Bertz CT molecular complexity index is 357. The molecule has 1 heterocycles. The fourth-order valence-electron chi connectivity index (χ4n) is 0.908. The summed E-state index contributed by atoms with van der Waals surface area (Å²) in [5.74, 6) is -0.610. The van der Waals surface area contributed by atoms with Crippen LogP contribution in [0.2, 0.25) is 0 Å². The quantitative estimate of drug-likeness (QED) is 0.865. The van der Waals surface area contributed by atoms with Crippen LogP contribution in [0.15, 0.2) is 6.07 Å². The molecule has 1 aromatic rings. The average Bonchev–Trinajstić information content (AvgIpc) is 2.15. The minimum Gasteiger partial charge on any atom is -0.478 e. The predicted molar refractivity (Wildman–Crippen MR) is 49.4 cm³/mol. The molecular formula is C8H10F3N3O2. The summed E-state index contributed by atoms with van der Waals surface area (Å²) >= 11 is 0. The molecule has 90 valence electrons. The Morgan fingerprint density at radius 2 is 1.94 bits per heavy atom. The fourth-order valence-corrected chi connectivity index (χ4v) is 0.908. The smallest absolute Gasteiger partial charge is 0.478 e. The Balaban J connectivity index is 2.95. The highest BCUT2D eigenvalue weighted by molar-refractivity contribution is 5.32. The maximum atomic E-state index is 12.0. The highest BCUT2D eigenvalue weighted by atomic mass is 19.4. The van der Waals surface area contributed by atoms with E-state index >= 15 is 0 Å². The van der Waals surface area contributed by atoms with Crippen molar-refractivity contribution in [1.29, 1.82) is 0 Å². The molecule has 1 aromatic heterocycles. The van der Waals surface area contributed by atoms with Crippen molar-refractivity contribution < 1.29 is 22.6 Å². The first kappa shape index (κ1) is 12.3. The van der Waals surface area contributed by atoms with Crippen molar-refractivity contribution in [2.45, 2.75) is 13.3 Å². The number of ether oxygens (including phenoxy) is 2. The highest BCUT2D eigenvalue weighted by Gasteiger charge is 2.32. The van der Waals surface area contributed by atoms with Gasteiger partial charge in [-0.1, -0.05) is 0 Å². The molecule has 0 spiro atoms. The lowest BCUT2D eigenvalue weighted by Crippen LogP contribution is -2.18. The van der Waals surface area contributed by atoms with Crippen LogP contribution in [-0.4, -0.2) is 30.0 Å². The van der Waals surface area contributed by atoms with Gasteiger partial charge in [-0.15, -0.1) is 13.2 Å². The van der Waals surface area contributed by atoms with Gasteiger partial charge in [-0.3, -0.25) is 0 Å². The van der Waals surface area contributed by atoms with E-state index in [-0.39, 0.29) is 18.4 Å². The average molecular weight is 237 g/mol. The third-order valence-electron chi connectivity index (χ3n) is 1.42. The summed E-state index contributed by atoms with van der Waals surface area (Å²) in [6, 6.07) is 0.970. The summed E-state index contributed by atoms with van der Waals surface area (Å²) in [7, 11) is 1.47. The van der Waals surface area contributed by atoms with Crippen molar-refractivity contribution in [1.82, 2.24) is 9.97 Å². The van der Waals surface area contributed by atoms with E-state index in [1.54, 1.807) is 6.92 Å². The number of hydrogen-bond donors (Lipinski definition) is 1. The summed E-state index contributed by atoms with van der Waals surface area (Å²) in [5, 5.41) is 2.50. The van der Waals surface area contributed by atoms with Gasteiger partial charge < -0.3 is 14.8 Å².